The Labute approximate surface area is 110 Å². The Morgan fingerprint density at radius 1 is 1.17 bits per heavy atom. The van der Waals surface area contributed by atoms with Gasteiger partial charge in [0.2, 0.25) is 0 Å². The molecule has 0 saturated carbocycles. The maximum Gasteiger partial charge on any atom is 0.265 e. The molecule has 0 unspecified atom stereocenters. The minimum atomic E-state index is 0.132. The van der Waals surface area contributed by atoms with Crippen molar-refractivity contribution in [1.29, 1.82) is 0 Å². The van der Waals surface area contributed by atoms with Gasteiger partial charge in [-0.05, 0) is 12.8 Å². The van der Waals surface area contributed by atoms with E-state index >= 15 is 0 Å². The minimum absolute atomic E-state index is 0.132. The summed E-state index contributed by atoms with van der Waals surface area (Å²) < 4.78 is 0. The average Bonchev–Trinajstić information content (AvgIpc) is 3.10. The highest BCUT2D eigenvalue weighted by Gasteiger charge is 2.21. The van der Waals surface area contributed by atoms with Gasteiger partial charge in [0.1, 0.15) is 9.88 Å². The fourth-order valence-electron chi connectivity index (χ4n) is 2.16. The van der Waals surface area contributed by atoms with Gasteiger partial charge >= 0.3 is 0 Å². The van der Waals surface area contributed by atoms with Gasteiger partial charge in [0.15, 0.2) is 0 Å². The maximum absolute atomic E-state index is 12.2. The standard InChI is InChI=1S/C14H14N2OS/c17-14(16-8-4-5-9-16)12-10-15-13(18-12)11-6-2-1-3-7-11/h1-3,6-7,10H,4-5,8-9H2. The molecule has 0 bridgehead atoms. The lowest BCUT2D eigenvalue weighted by Crippen LogP contribution is -2.26. The Hall–Kier alpha value is -1.68. The van der Waals surface area contributed by atoms with E-state index in [1.807, 2.05) is 35.2 Å². The molecule has 2 heterocycles. The third kappa shape index (κ3) is 2.16. The van der Waals surface area contributed by atoms with Crippen LogP contribution in [0.4, 0.5) is 0 Å². The van der Waals surface area contributed by atoms with Gasteiger partial charge in [-0.25, -0.2) is 4.98 Å². The summed E-state index contributed by atoms with van der Waals surface area (Å²) in [6, 6.07) is 9.98. The number of amides is 1. The normalized spacial score (nSPS) is 15.0. The third-order valence-electron chi connectivity index (χ3n) is 3.13. The van der Waals surface area contributed by atoms with E-state index in [1.54, 1.807) is 6.20 Å². The van der Waals surface area contributed by atoms with Gasteiger partial charge in [0.05, 0.1) is 6.20 Å². The number of hydrogen-bond acceptors (Lipinski definition) is 3. The third-order valence-corrected chi connectivity index (χ3v) is 4.16. The topological polar surface area (TPSA) is 33.2 Å². The second-order valence-corrected chi connectivity index (χ2v) is 5.43. The molecular weight excluding hydrogens is 244 g/mol. The molecule has 3 rings (SSSR count). The summed E-state index contributed by atoms with van der Waals surface area (Å²) in [7, 11) is 0. The zero-order valence-corrected chi connectivity index (χ0v) is 10.8. The number of rotatable bonds is 2. The van der Waals surface area contributed by atoms with Gasteiger partial charge < -0.3 is 4.90 Å². The van der Waals surface area contributed by atoms with Crippen molar-refractivity contribution in [2.75, 3.05) is 13.1 Å². The summed E-state index contributed by atoms with van der Waals surface area (Å²) in [5.74, 6) is 0.132. The summed E-state index contributed by atoms with van der Waals surface area (Å²) in [6.45, 7) is 1.77. The molecule has 1 aromatic carbocycles. The fourth-order valence-corrected chi connectivity index (χ4v) is 3.05. The van der Waals surface area contributed by atoms with Crippen molar-refractivity contribution in [1.82, 2.24) is 9.88 Å². The van der Waals surface area contributed by atoms with E-state index in [0.29, 0.717) is 0 Å². The van der Waals surface area contributed by atoms with Crippen LogP contribution in [0.25, 0.3) is 10.6 Å². The summed E-state index contributed by atoms with van der Waals surface area (Å²) in [5, 5.41) is 0.915. The van der Waals surface area contributed by atoms with Crippen LogP contribution in [0.15, 0.2) is 36.5 Å². The SMILES string of the molecule is O=C(c1cnc(-c2ccccc2)s1)N1CCCC1. The van der Waals surface area contributed by atoms with Crippen LogP contribution in [0.2, 0.25) is 0 Å². The van der Waals surface area contributed by atoms with Crippen LogP contribution in [0.3, 0.4) is 0 Å². The largest absolute Gasteiger partial charge is 0.338 e. The average molecular weight is 258 g/mol. The number of carbonyl (C=O) groups excluding carboxylic acids is 1. The number of carbonyl (C=O) groups is 1. The van der Waals surface area contributed by atoms with Crippen LogP contribution in [0.5, 0.6) is 0 Å². The number of thiazole rings is 1. The number of aromatic nitrogens is 1. The lowest BCUT2D eigenvalue weighted by atomic mass is 10.2. The van der Waals surface area contributed by atoms with Crippen LogP contribution < -0.4 is 0 Å². The van der Waals surface area contributed by atoms with Gasteiger partial charge in [-0.2, -0.15) is 0 Å². The van der Waals surface area contributed by atoms with Gasteiger partial charge in [-0.15, -0.1) is 11.3 Å². The van der Waals surface area contributed by atoms with Gasteiger partial charge in [-0.3, -0.25) is 4.79 Å². The number of nitrogens with zero attached hydrogens (tertiary/aromatic N) is 2. The number of benzene rings is 1. The highest BCUT2D eigenvalue weighted by molar-refractivity contribution is 7.16. The first-order valence-corrected chi connectivity index (χ1v) is 6.97. The van der Waals surface area contributed by atoms with E-state index in [4.69, 9.17) is 0 Å². The van der Waals surface area contributed by atoms with Crippen molar-refractivity contribution in [3.05, 3.63) is 41.4 Å². The first-order valence-electron chi connectivity index (χ1n) is 6.15. The Kier molecular flexibility index (Phi) is 3.11. The van der Waals surface area contributed by atoms with Crippen LogP contribution in [-0.4, -0.2) is 28.9 Å². The number of hydrogen-bond donors (Lipinski definition) is 0. The lowest BCUT2D eigenvalue weighted by molar-refractivity contribution is 0.0797. The van der Waals surface area contributed by atoms with Crippen molar-refractivity contribution < 1.29 is 4.79 Å². The summed E-state index contributed by atoms with van der Waals surface area (Å²) >= 11 is 1.48. The Bertz CT molecular complexity index is 544. The molecule has 92 valence electrons. The molecule has 0 atom stereocenters. The zero-order valence-electron chi connectivity index (χ0n) is 10.0. The van der Waals surface area contributed by atoms with Crippen molar-refractivity contribution >= 4 is 17.2 Å². The summed E-state index contributed by atoms with van der Waals surface area (Å²) in [4.78, 5) is 19.2. The van der Waals surface area contributed by atoms with E-state index in [9.17, 15) is 4.79 Å². The monoisotopic (exact) mass is 258 g/mol. The predicted molar refractivity (Wildman–Crippen MR) is 72.7 cm³/mol. The van der Waals surface area contributed by atoms with E-state index < -0.39 is 0 Å². The molecule has 0 aliphatic carbocycles. The van der Waals surface area contributed by atoms with Crippen molar-refractivity contribution in [3.8, 4) is 10.6 Å². The molecule has 1 saturated heterocycles. The molecule has 1 fully saturated rings. The molecule has 1 amide bonds. The fraction of sp³-hybridized carbons (Fsp3) is 0.286. The quantitative estimate of drug-likeness (QED) is 0.829. The van der Waals surface area contributed by atoms with E-state index in [1.165, 1.54) is 11.3 Å². The van der Waals surface area contributed by atoms with E-state index in [0.717, 1.165) is 41.4 Å². The maximum atomic E-state index is 12.2. The molecule has 0 spiro atoms. The molecule has 0 radical (unpaired) electrons. The summed E-state index contributed by atoms with van der Waals surface area (Å²) in [5.41, 5.74) is 1.07. The highest BCUT2D eigenvalue weighted by atomic mass is 32.1. The first kappa shape index (κ1) is 11.4. The van der Waals surface area contributed by atoms with Crippen LogP contribution in [-0.2, 0) is 0 Å². The summed E-state index contributed by atoms with van der Waals surface area (Å²) in [6.07, 6.45) is 3.94. The molecule has 1 aromatic heterocycles. The van der Waals surface area contributed by atoms with Crippen molar-refractivity contribution in [3.63, 3.8) is 0 Å². The smallest absolute Gasteiger partial charge is 0.265 e. The molecule has 1 aliphatic heterocycles. The van der Waals surface area contributed by atoms with E-state index in [2.05, 4.69) is 4.98 Å². The molecule has 3 nitrogen and oxygen atoms in total. The molecule has 2 aromatic rings. The van der Waals surface area contributed by atoms with E-state index in [-0.39, 0.29) is 5.91 Å². The lowest BCUT2D eigenvalue weighted by Gasteiger charge is -2.12. The molecule has 0 N–H and O–H groups in total. The van der Waals surface area contributed by atoms with Crippen LogP contribution >= 0.6 is 11.3 Å². The second-order valence-electron chi connectivity index (χ2n) is 4.39. The first-order chi connectivity index (χ1) is 8.84. The van der Waals surface area contributed by atoms with Gasteiger partial charge in [-0.1, -0.05) is 30.3 Å². The highest BCUT2D eigenvalue weighted by Crippen LogP contribution is 2.26. The Morgan fingerprint density at radius 2 is 1.89 bits per heavy atom. The zero-order chi connectivity index (χ0) is 12.4. The molecule has 4 heteroatoms. The second kappa shape index (κ2) is 4.90. The Balaban J connectivity index is 1.83. The van der Waals surface area contributed by atoms with Crippen LogP contribution in [0.1, 0.15) is 22.5 Å². The number of likely N-dealkylation sites (tertiary alicyclic amines) is 1. The molecule has 1 aliphatic rings. The van der Waals surface area contributed by atoms with Gasteiger partial charge in [0.25, 0.3) is 5.91 Å². The Morgan fingerprint density at radius 3 is 2.61 bits per heavy atom. The van der Waals surface area contributed by atoms with Gasteiger partial charge in [0, 0.05) is 18.7 Å². The molecular formula is C14H14N2OS. The van der Waals surface area contributed by atoms with Crippen LogP contribution in [0, 0.1) is 0 Å². The minimum Gasteiger partial charge on any atom is -0.338 e. The van der Waals surface area contributed by atoms with Crippen molar-refractivity contribution in [2.45, 2.75) is 12.8 Å². The predicted octanol–water partition coefficient (Wildman–Crippen LogP) is 3.05. The molecule has 18 heavy (non-hydrogen) atoms. The van der Waals surface area contributed by atoms with Crippen molar-refractivity contribution in [2.24, 2.45) is 0 Å².